The van der Waals surface area contributed by atoms with Gasteiger partial charge in [-0.05, 0) is 12.1 Å². The van der Waals surface area contributed by atoms with Crippen LogP contribution in [0.3, 0.4) is 0 Å². The minimum atomic E-state index is -0.579. The number of amides is 1. The van der Waals surface area contributed by atoms with Gasteiger partial charge in [-0.25, -0.2) is 4.79 Å². The first-order chi connectivity index (χ1) is 7.06. The van der Waals surface area contributed by atoms with E-state index >= 15 is 0 Å². The molecule has 80 valence electrons. The molecule has 0 bridgehead atoms. The molecule has 0 fully saturated rings. The van der Waals surface area contributed by atoms with E-state index in [9.17, 15) is 9.59 Å². The Kier molecular flexibility index (Phi) is 3.68. The number of esters is 1. The van der Waals surface area contributed by atoms with Crippen LogP contribution in [0.4, 0.5) is 5.69 Å². The highest BCUT2D eigenvalue weighted by atomic mass is 35.5. The number of carbonyl (C=O) groups is 2. The van der Waals surface area contributed by atoms with Gasteiger partial charge in [0.1, 0.15) is 5.56 Å². The standard InChI is InChI=1S/C10H10ClNO3/c1-6(13)12-8-5-3-4-7(11)9(8)10(14)15-2/h3-5H,1-2H3,(H,12,13). The fourth-order valence-electron chi connectivity index (χ4n) is 1.13. The van der Waals surface area contributed by atoms with Gasteiger partial charge in [0.25, 0.3) is 0 Å². The highest BCUT2D eigenvalue weighted by molar-refractivity contribution is 6.34. The molecule has 1 rings (SSSR count). The molecule has 1 amide bonds. The van der Waals surface area contributed by atoms with E-state index < -0.39 is 5.97 Å². The van der Waals surface area contributed by atoms with Crippen molar-refractivity contribution in [3.63, 3.8) is 0 Å². The van der Waals surface area contributed by atoms with Gasteiger partial charge in [0.2, 0.25) is 5.91 Å². The van der Waals surface area contributed by atoms with Crippen LogP contribution in [0.1, 0.15) is 17.3 Å². The highest BCUT2D eigenvalue weighted by Gasteiger charge is 2.16. The van der Waals surface area contributed by atoms with Crippen molar-refractivity contribution in [1.82, 2.24) is 0 Å². The van der Waals surface area contributed by atoms with Crippen LogP contribution in [-0.2, 0) is 9.53 Å². The molecular weight excluding hydrogens is 218 g/mol. The Hall–Kier alpha value is -1.55. The van der Waals surface area contributed by atoms with E-state index in [4.69, 9.17) is 11.6 Å². The van der Waals surface area contributed by atoms with Gasteiger partial charge >= 0.3 is 5.97 Å². The summed E-state index contributed by atoms with van der Waals surface area (Å²) >= 11 is 5.83. The summed E-state index contributed by atoms with van der Waals surface area (Å²) in [6.45, 7) is 1.35. The number of hydrogen-bond acceptors (Lipinski definition) is 3. The molecular formula is C10H10ClNO3. The molecule has 0 unspecified atom stereocenters. The Labute approximate surface area is 92.2 Å². The predicted molar refractivity (Wildman–Crippen MR) is 57.1 cm³/mol. The number of nitrogens with one attached hydrogen (secondary N) is 1. The zero-order valence-corrected chi connectivity index (χ0v) is 9.09. The molecule has 0 heterocycles. The number of carbonyl (C=O) groups excluding carboxylic acids is 2. The van der Waals surface area contributed by atoms with Crippen LogP contribution in [-0.4, -0.2) is 19.0 Å². The van der Waals surface area contributed by atoms with Crippen molar-refractivity contribution in [2.75, 3.05) is 12.4 Å². The average molecular weight is 228 g/mol. The van der Waals surface area contributed by atoms with Gasteiger partial charge in [-0.2, -0.15) is 0 Å². The van der Waals surface area contributed by atoms with Gasteiger partial charge in [-0.3, -0.25) is 4.79 Å². The van der Waals surface area contributed by atoms with Gasteiger partial charge in [0, 0.05) is 6.92 Å². The minimum absolute atomic E-state index is 0.164. The van der Waals surface area contributed by atoms with Crippen molar-refractivity contribution >= 4 is 29.2 Å². The normalized spacial score (nSPS) is 9.53. The second-order valence-electron chi connectivity index (χ2n) is 2.84. The van der Waals surface area contributed by atoms with Crippen LogP contribution in [0.15, 0.2) is 18.2 Å². The fraction of sp³-hybridized carbons (Fsp3) is 0.200. The van der Waals surface area contributed by atoms with E-state index in [0.29, 0.717) is 5.69 Å². The van der Waals surface area contributed by atoms with Crippen molar-refractivity contribution in [3.8, 4) is 0 Å². The van der Waals surface area contributed by atoms with Crippen molar-refractivity contribution < 1.29 is 14.3 Å². The SMILES string of the molecule is COC(=O)c1c(Cl)cccc1NC(C)=O. The van der Waals surface area contributed by atoms with Gasteiger partial charge in [0.05, 0.1) is 17.8 Å². The third-order valence-electron chi connectivity index (χ3n) is 1.71. The largest absolute Gasteiger partial charge is 0.465 e. The lowest BCUT2D eigenvalue weighted by atomic mass is 10.1. The first kappa shape index (κ1) is 11.5. The highest BCUT2D eigenvalue weighted by Crippen LogP contribution is 2.24. The Morgan fingerprint density at radius 2 is 2.07 bits per heavy atom. The number of benzene rings is 1. The lowest BCUT2D eigenvalue weighted by molar-refractivity contribution is -0.114. The molecule has 0 aliphatic carbocycles. The van der Waals surface area contributed by atoms with Crippen LogP contribution >= 0.6 is 11.6 Å². The molecule has 0 radical (unpaired) electrons. The van der Waals surface area contributed by atoms with Crippen molar-refractivity contribution in [3.05, 3.63) is 28.8 Å². The number of methoxy groups -OCH3 is 1. The summed E-state index contributed by atoms with van der Waals surface area (Å²) < 4.78 is 4.56. The summed E-state index contributed by atoms with van der Waals surface area (Å²) in [6, 6.07) is 4.78. The van der Waals surface area contributed by atoms with Gasteiger partial charge < -0.3 is 10.1 Å². The second-order valence-corrected chi connectivity index (χ2v) is 3.24. The molecule has 0 aliphatic rings. The van der Waals surface area contributed by atoms with Crippen LogP contribution < -0.4 is 5.32 Å². The van der Waals surface area contributed by atoms with E-state index in [1.807, 2.05) is 0 Å². The number of rotatable bonds is 2. The first-order valence-corrected chi connectivity index (χ1v) is 4.58. The predicted octanol–water partition coefficient (Wildman–Crippen LogP) is 2.08. The molecule has 1 aromatic rings. The minimum Gasteiger partial charge on any atom is -0.465 e. The Bertz CT molecular complexity index is 404. The lowest BCUT2D eigenvalue weighted by Gasteiger charge is -2.09. The van der Waals surface area contributed by atoms with E-state index in [1.165, 1.54) is 14.0 Å². The van der Waals surface area contributed by atoms with Crippen LogP contribution in [0, 0.1) is 0 Å². The van der Waals surface area contributed by atoms with E-state index in [1.54, 1.807) is 18.2 Å². The second kappa shape index (κ2) is 4.79. The lowest BCUT2D eigenvalue weighted by Crippen LogP contribution is -2.12. The maximum atomic E-state index is 11.4. The topological polar surface area (TPSA) is 55.4 Å². The van der Waals surface area contributed by atoms with Crippen LogP contribution in [0.5, 0.6) is 0 Å². The Balaban J connectivity index is 3.20. The van der Waals surface area contributed by atoms with Crippen molar-refractivity contribution in [2.24, 2.45) is 0 Å². The molecule has 4 nitrogen and oxygen atoms in total. The average Bonchev–Trinajstić information content (AvgIpc) is 2.16. The number of ether oxygens (including phenoxy) is 1. The smallest absolute Gasteiger partial charge is 0.341 e. The van der Waals surface area contributed by atoms with Crippen LogP contribution in [0.25, 0.3) is 0 Å². The monoisotopic (exact) mass is 227 g/mol. The van der Waals surface area contributed by atoms with E-state index in [-0.39, 0.29) is 16.5 Å². The van der Waals surface area contributed by atoms with Gasteiger partial charge in [-0.1, -0.05) is 17.7 Å². The Morgan fingerprint density at radius 1 is 1.40 bits per heavy atom. The summed E-state index contributed by atoms with van der Waals surface area (Å²) in [5.41, 5.74) is 0.513. The summed E-state index contributed by atoms with van der Waals surface area (Å²) in [6.07, 6.45) is 0. The van der Waals surface area contributed by atoms with Gasteiger partial charge in [0.15, 0.2) is 0 Å². The maximum absolute atomic E-state index is 11.4. The maximum Gasteiger partial charge on any atom is 0.341 e. The molecule has 1 N–H and O–H groups in total. The summed E-state index contributed by atoms with van der Waals surface area (Å²) in [5, 5.41) is 2.75. The third kappa shape index (κ3) is 2.70. The van der Waals surface area contributed by atoms with E-state index in [0.717, 1.165) is 0 Å². The number of anilines is 1. The summed E-state index contributed by atoms with van der Waals surface area (Å²) in [5.74, 6) is -0.855. The molecule has 0 saturated heterocycles. The Morgan fingerprint density at radius 3 is 2.60 bits per heavy atom. The summed E-state index contributed by atoms with van der Waals surface area (Å²) in [4.78, 5) is 22.3. The van der Waals surface area contributed by atoms with Crippen molar-refractivity contribution in [2.45, 2.75) is 6.92 Å². The zero-order chi connectivity index (χ0) is 11.4. The summed E-state index contributed by atoms with van der Waals surface area (Å²) in [7, 11) is 1.25. The number of halogens is 1. The molecule has 0 spiro atoms. The molecule has 0 atom stereocenters. The molecule has 5 heteroatoms. The van der Waals surface area contributed by atoms with Crippen molar-refractivity contribution in [1.29, 1.82) is 0 Å². The third-order valence-corrected chi connectivity index (χ3v) is 2.03. The van der Waals surface area contributed by atoms with Gasteiger partial charge in [-0.15, -0.1) is 0 Å². The fourth-order valence-corrected chi connectivity index (χ4v) is 1.38. The first-order valence-electron chi connectivity index (χ1n) is 4.20. The molecule has 0 saturated carbocycles. The quantitative estimate of drug-likeness (QED) is 0.787. The molecule has 15 heavy (non-hydrogen) atoms. The van der Waals surface area contributed by atoms with Crippen LogP contribution in [0.2, 0.25) is 5.02 Å². The van der Waals surface area contributed by atoms with E-state index in [2.05, 4.69) is 10.1 Å². The molecule has 1 aromatic carbocycles. The molecule has 0 aromatic heterocycles. The molecule has 0 aliphatic heterocycles. The number of hydrogen-bond donors (Lipinski definition) is 1. The zero-order valence-electron chi connectivity index (χ0n) is 8.33.